The fourth-order valence-electron chi connectivity index (χ4n) is 6.52. The number of fused-ring (bicyclic) bond motifs is 5. The number of halogens is 1. The quantitative estimate of drug-likeness (QED) is 0.190. The van der Waals surface area contributed by atoms with Crippen molar-refractivity contribution in [1.29, 1.82) is 0 Å². The molecule has 0 bridgehead atoms. The average molecular weight is 558 g/mol. The van der Waals surface area contributed by atoms with Crippen molar-refractivity contribution in [1.82, 2.24) is 14.5 Å². The van der Waals surface area contributed by atoms with Crippen LogP contribution in [0, 0.1) is 22.9 Å². The molecule has 0 unspecified atom stereocenters. The molecule has 0 radical (unpaired) electrons. The van der Waals surface area contributed by atoms with Crippen LogP contribution in [-0.4, -0.2) is 30.5 Å². The number of carbonyl (C=O) groups is 1. The zero-order chi connectivity index (χ0) is 28.8. The highest BCUT2D eigenvalue weighted by Crippen LogP contribution is 2.47. The smallest absolute Gasteiger partial charge is 0.343 e. The van der Waals surface area contributed by atoms with Gasteiger partial charge in [-0.3, -0.25) is 14.9 Å². The topological polar surface area (TPSA) is 149 Å². The Morgan fingerprint density at radius 3 is 2.85 bits per heavy atom. The van der Waals surface area contributed by atoms with Crippen LogP contribution in [0.5, 0.6) is 0 Å². The Kier molecular flexibility index (Phi) is 5.33. The zero-order valence-corrected chi connectivity index (χ0v) is 22.2. The van der Waals surface area contributed by atoms with Crippen LogP contribution >= 0.6 is 0 Å². The molecule has 3 aliphatic rings. The SMILES string of the molecule is CC[C@@]1(O)C(=O)OCc2c1cc1n(c2=O)Cc2c-1nc1cc(F)c(C)c3c1c2[C@@H](Nc1ncccc1[N+](=O)[O-])CC3. The molecule has 1 aliphatic carbocycles. The lowest BCUT2D eigenvalue weighted by Gasteiger charge is -2.31. The van der Waals surface area contributed by atoms with Crippen molar-refractivity contribution in [3.63, 3.8) is 0 Å². The largest absolute Gasteiger partial charge is 0.458 e. The second kappa shape index (κ2) is 8.64. The molecule has 5 heterocycles. The average Bonchev–Trinajstić information content (AvgIpc) is 3.33. The summed E-state index contributed by atoms with van der Waals surface area (Å²) in [6, 6.07) is 5.39. The normalized spacial score (nSPS) is 20.3. The lowest BCUT2D eigenvalue weighted by molar-refractivity contribution is -0.384. The van der Waals surface area contributed by atoms with Crippen molar-refractivity contribution in [2.24, 2.45) is 0 Å². The Labute approximate surface area is 231 Å². The summed E-state index contributed by atoms with van der Waals surface area (Å²) in [6.45, 7) is 3.24. The van der Waals surface area contributed by atoms with E-state index in [9.17, 15) is 24.8 Å². The maximum Gasteiger partial charge on any atom is 0.343 e. The summed E-state index contributed by atoms with van der Waals surface area (Å²) < 4.78 is 21.8. The number of benzene rings is 1. The number of anilines is 1. The predicted octanol–water partition coefficient (Wildman–Crippen LogP) is 3.93. The van der Waals surface area contributed by atoms with Crippen molar-refractivity contribution >= 4 is 28.4 Å². The van der Waals surface area contributed by atoms with Gasteiger partial charge in [0.25, 0.3) is 5.56 Å². The van der Waals surface area contributed by atoms with Crippen LogP contribution < -0.4 is 10.9 Å². The third kappa shape index (κ3) is 3.40. The van der Waals surface area contributed by atoms with E-state index < -0.39 is 33.9 Å². The molecule has 1 aromatic carbocycles. The number of aryl methyl sites for hydroxylation is 1. The molecule has 12 heteroatoms. The highest BCUT2D eigenvalue weighted by atomic mass is 19.1. The van der Waals surface area contributed by atoms with E-state index in [1.54, 1.807) is 19.9 Å². The summed E-state index contributed by atoms with van der Waals surface area (Å²) in [5.74, 6) is -1.11. The number of esters is 1. The van der Waals surface area contributed by atoms with Gasteiger partial charge in [0.15, 0.2) is 5.60 Å². The molecule has 208 valence electrons. The van der Waals surface area contributed by atoms with Gasteiger partial charge in [-0.15, -0.1) is 0 Å². The summed E-state index contributed by atoms with van der Waals surface area (Å²) in [7, 11) is 0. The monoisotopic (exact) mass is 557 g/mol. The fourth-order valence-corrected chi connectivity index (χ4v) is 6.52. The first kappa shape index (κ1) is 25.3. The molecule has 7 rings (SSSR count). The van der Waals surface area contributed by atoms with Crippen LogP contribution in [0.1, 0.15) is 59.2 Å². The van der Waals surface area contributed by atoms with E-state index in [0.29, 0.717) is 40.9 Å². The zero-order valence-electron chi connectivity index (χ0n) is 22.2. The number of hydrogen-bond donors (Lipinski definition) is 2. The highest BCUT2D eigenvalue weighted by Gasteiger charge is 2.46. The first-order valence-corrected chi connectivity index (χ1v) is 13.3. The summed E-state index contributed by atoms with van der Waals surface area (Å²) in [6.07, 6.45) is 2.48. The van der Waals surface area contributed by atoms with Crippen LogP contribution in [0.4, 0.5) is 15.9 Å². The molecule has 0 fully saturated rings. The lowest BCUT2D eigenvalue weighted by atomic mass is 9.81. The van der Waals surface area contributed by atoms with E-state index in [-0.39, 0.29) is 42.2 Å². The van der Waals surface area contributed by atoms with Crippen molar-refractivity contribution < 1.29 is 24.0 Å². The number of nitro groups is 1. The minimum absolute atomic E-state index is 0.00762. The maximum absolute atomic E-state index is 15.1. The van der Waals surface area contributed by atoms with Gasteiger partial charge in [-0.05, 0) is 55.0 Å². The number of aromatic nitrogens is 3. The Morgan fingerprint density at radius 2 is 2.10 bits per heavy atom. The second-order valence-electron chi connectivity index (χ2n) is 10.7. The number of nitrogens with zero attached hydrogens (tertiary/aromatic N) is 4. The van der Waals surface area contributed by atoms with Crippen molar-refractivity contribution in [3.8, 4) is 11.4 Å². The number of pyridine rings is 3. The van der Waals surface area contributed by atoms with Gasteiger partial charge in [0.05, 0.1) is 40.0 Å². The van der Waals surface area contributed by atoms with E-state index in [1.165, 1.54) is 29.0 Å². The lowest BCUT2D eigenvalue weighted by Crippen LogP contribution is -2.44. The number of cyclic esters (lactones) is 1. The van der Waals surface area contributed by atoms with Crippen molar-refractivity contribution in [2.45, 2.75) is 57.9 Å². The van der Waals surface area contributed by atoms with Gasteiger partial charge < -0.3 is 19.7 Å². The van der Waals surface area contributed by atoms with Gasteiger partial charge in [-0.25, -0.2) is 19.2 Å². The molecular weight excluding hydrogens is 533 g/mol. The standard InChI is InChI=1S/C29H24FN5O6/c1-3-29(38)17-9-22-25-15(11-34(22)27(36)16(17)12-41-28(29)37)24-19(33-26-21(35(39)40)5-4-8-31-26)7-6-14-13(2)18(30)10-20(32-25)23(14)24/h4-5,8-10,19,38H,3,6-7,11-12H2,1-2H3,(H,31,33)/t19-,29-/m0/s1. The van der Waals surface area contributed by atoms with Crippen molar-refractivity contribution in [3.05, 3.63) is 90.1 Å². The van der Waals surface area contributed by atoms with E-state index in [1.807, 2.05) is 0 Å². The van der Waals surface area contributed by atoms with E-state index in [2.05, 4.69) is 10.3 Å². The molecule has 2 aliphatic heterocycles. The Balaban J connectivity index is 1.49. The molecule has 4 aromatic rings. The summed E-state index contributed by atoms with van der Waals surface area (Å²) in [5, 5.41) is 26.9. The summed E-state index contributed by atoms with van der Waals surface area (Å²) in [5.41, 5.74) is 1.85. The van der Waals surface area contributed by atoms with Crippen LogP contribution in [0.25, 0.3) is 22.3 Å². The van der Waals surface area contributed by atoms with Crippen LogP contribution in [0.3, 0.4) is 0 Å². The van der Waals surface area contributed by atoms with Crippen molar-refractivity contribution in [2.75, 3.05) is 5.32 Å². The molecule has 41 heavy (non-hydrogen) atoms. The molecule has 0 amide bonds. The number of ether oxygens (including phenoxy) is 1. The molecule has 2 N–H and O–H groups in total. The Bertz CT molecular complexity index is 1920. The molecule has 2 atom stereocenters. The van der Waals surface area contributed by atoms with Crippen LogP contribution in [-0.2, 0) is 34.7 Å². The molecule has 0 saturated heterocycles. The summed E-state index contributed by atoms with van der Waals surface area (Å²) >= 11 is 0. The number of hydrogen-bond acceptors (Lipinski definition) is 9. The van der Waals surface area contributed by atoms with E-state index >= 15 is 4.39 Å². The van der Waals surface area contributed by atoms with Gasteiger partial charge in [0.1, 0.15) is 12.4 Å². The third-order valence-electron chi connectivity index (χ3n) is 8.67. The Morgan fingerprint density at radius 1 is 1.29 bits per heavy atom. The number of aliphatic hydroxyl groups is 1. The second-order valence-corrected chi connectivity index (χ2v) is 10.7. The van der Waals surface area contributed by atoms with E-state index in [4.69, 9.17) is 9.72 Å². The minimum Gasteiger partial charge on any atom is -0.458 e. The molecule has 11 nitrogen and oxygen atoms in total. The highest BCUT2D eigenvalue weighted by molar-refractivity contribution is 5.93. The maximum atomic E-state index is 15.1. The third-order valence-corrected chi connectivity index (χ3v) is 8.67. The molecule has 3 aromatic heterocycles. The first-order valence-electron chi connectivity index (χ1n) is 13.3. The molecule has 0 spiro atoms. The number of carbonyl (C=O) groups excluding carboxylic acids is 1. The first-order chi connectivity index (χ1) is 19.6. The van der Waals surface area contributed by atoms with Gasteiger partial charge in [0.2, 0.25) is 5.82 Å². The van der Waals surface area contributed by atoms with Crippen LogP contribution in [0.15, 0.2) is 35.3 Å². The predicted molar refractivity (Wildman–Crippen MR) is 145 cm³/mol. The van der Waals surface area contributed by atoms with Crippen LogP contribution in [0.2, 0.25) is 0 Å². The van der Waals surface area contributed by atoms with Gasteiger partial charge in [-0.2, -0.15) is 0 Å². The van der Waals surface area contributed by atoms with Gasteiger partial charge in [-0.1, -0.05) is 6.92 Å². The number of rotatable bonds is 4. The minimum atomic E-state index is -1.98. The van der Waals surface area contributed by atoms with Gasteiger partial charge >= 0.3 is 11.7 Å². The Hall–Kier alpha value is -4.71. The summed E-state index contributed by atoms with van der Waals surface area (Å²) in [4.78, 5) is 46.5. The number of nitrogens with one attached hydrogen (secondary N) is 1. The molecular formula is C29H24FN5O6. The van der Waals surface area contributed by atoms with Gasteiger partial charge in [0, 0.05) is 34.8 Å². The fraction of sp³-hybridized carbons (Fsp3) is 0.310. The van der Waals surface area contributed by atoms with E-state index in [0.717, 1.165) is 16.5 Å². The molecule has 0 saturated carbocycles.